The minimum Gasteiger partial charge on any atom is -0.381 e. The Morgan fingerprint density at radius 2 is 1.76 bits per heavy atom. The minimum atomic E-state index is -1.60. The smallest absolute Gasteiger partial charge is 0.194 e. The van der Waals surface area contributed by atoms with Crippen molar-refractivity contribution in [3.63, 3.8) is 0 Å². The van der Waals surface area contributed by atoms with E-state index >= 15 is 0 Å². The van der Waals surface area contributed by atoms with E-state index in [0.717, 1.165) is 25.5 Å². The lowest BCUT2D eigenvalue weighted by molar-refractivity contribution is -0.210. The highest BCUT2D eigenvalue weighted by atomic mass is 16.5. The van der Waals surface area contributed by atoms with E-state index in [9.17, 15) is 14.7 Å². The van der Waals surface area contributed by atoms with Crippen molar-refractivity contribution >= 4 is 12.1 Å². The molecule has 0 aromatic rings. The number of hydrogen-bond donors (Lipinski definition) is 1. The quantitative estimate of drug-likeness (QED) is 0.740. The van der Waals surface area contributed by atoms with Gasteiger partial charge in [-0.2, -0.15) is 0 Å². The Morgan fingerprint density at radius 1 is 1.12 bits per heavy atom. The first-order valence-corrected chi connectivity index (χ1v) is 9.87. The van der Waals surface area contributed by atoms with Crippen LogP contribution in [0.4, 0.5) is 0 Å². The average Bonchev–Trinajstić information content (AvgIpc) is 2.88. The lowest BCUT2D eigenvalue weighted by Crippen LogP contribution is -2.68. The van der Waals surface area contributed by atoms with Crippen molar-refractivity contribution in [2.45, 2.75) is 78.1 Å². The zero-order valence-corrected chi connectivity index (χ0v) is 16.3. The Balaban J connectivity index is 2.05. The zero-order valence-electron chi connectivity index (χ0n) is 16.3. The number of Topliss-reactive ketones (excluding diaryl/α,β-unsaturated/α-hetero) is 1. The number of hydrogen-bond acceptors (Lipinski definition) is 4. The summed E-state index contributed by atoms with van der Waals surface area (Å²) in [5, 5.41) is 11.9. The van der Waals surface area contributed by atoms with Crippen LogP contribution < -0.4 is 0 Å². The van der Waals surface area contributed by atoms with Crippen LogP contribution in [0.25, 0.3) is 0 Å². The highest BCUT2D eigenvalue weighted by Crippen LogP contribution is 2.72. The Morgan fingerprint density at radius 3 is 2.36 bits per heavy atom. The molecule has 4 heteroatoms. The molecule has 0 spiro atoms. The molecule has 4 nitrogen and oxygen atoms in total. The predicted octanol–water partition coefficient (Wildman–Crippen LogP) is 3.01. The summed E-state index contributed by atoms with van der Waals surface area (Å²) in [5.74, 6) is 0.0343. The van der Waals surface area contributed by atoms with E-state index in [-0.39, 0.29) is 34.9 Å². The Kier molecular flexibility index (Phi) is 3.36. The van der Waals surface area contributed by atoms with Crippen molar-refractivity contribution in [2.24, 2.45) is 40.4 Å². The van der Waals surface area contributed by atoms with Crippen molar-refractivity contribution in [3.8, 4) is 0 Å². The van der Waals surface area contributed by atoms with Crippen LogP contribution in [0.5, 0.6) is 0 Å². The van der Waals surface area contributed by atoms with Crippen LogP contribution in [0, 0.1) is 40.4 Å². The van der Waals surface area contributed by atoms with E-state index in [1.165, 1.54) is 0 Å². The number of carbonyl (C=O) groups is 2. The van der Waals surface area contributed by atoms with Gasteiger partial charge in [0.15, 0.2) is 5.78 Å². The third-order valence-corrected chi connectivity index (χ3v) is 8.68. The van der Waals surface area contributed by atoms with Crippen LogP contribution in [0.15, 0.2) is 0 Å². The van der Waals surface area contributed by atoms with E-state index in [2.05, 4.69) is 34.6 Å². The van der Waals surface area contributed by atoms with Gasteiger partial charge in [0.2, 0.25) is 0 Å². The molecule has 4 aliphatic rings. The maximum atomic E-state index is 13.7. The predicted molar refractivity (Wildman–Crippen MR) is 93.8 cm³/mol. The van der Waals surface area contributed by atoms with Gasteiger partial charge in [-0.1, -0.05) is 27.7 Å². The van der Waals surface area contributed by atoms with Gasteiger partial charge in [0.1, 0.15) is 18.0 Å². The second kappa shape index (κ2) is 4.75. The molecule has 0 aromatic heterocycles. The van der Waals surface area contributed by atoms with Crippen LogP contribution in [0.3, 0.4) is 0 Å². The van der Waals surface area contributed by atoms with E-state index in [1.54, 1.807) is 0 Å². The Labute approximate surface area is 150 Å². The van der Waals surface area contributed by atoms with Crippen LogP contribution in [-0.2, 0) is 14.3 Å². The third-order valence-electron chi connectivity index (χ3n) is 8.68. The number of ether oxygens (including phenoxy) is 1. The maximum Gasteiger partial charge on any atom is 0.194 e. The van der Waals surface area contributed by atoms with Gasteiger partial charge >= 0.3 is 0 Å². The molecule has 2 bridgehead atoms. The molecule has 0 aromatic carbocycles. The lowest BCUT2D eigenvalue weighted by Gasteiger charge is -2.56. The van der Waals surface area contributed by atoms with Gasteiger partial charge in [-0.15, -0.1) is 0 Å². The monoisotopic (exact) mass is 348 g/mol. The summed E-state index contributed by atoms with van der Waals surface area (Å²) >= 11 is 0. The average molecular weight is 348 g/mol. The highest BCUT2D eigenvalue weighted by molar-refractivity contribution is 5.97. The van der Waals surface area contributed by atoms with Crippen LogP contribution in [0.2, 0.25) is 0 Å². The van der Waals surface area contributed by atoms with Gasteiger partial charge in [0.25, 0.3) is 0 Å². The summed E-state index contributed by atoms with van der Waals surface area (Å²) in [4.78, 5) is 26.4. The molecule has 1 N–H and O–H groups in total. The van der Waals surface area contributed by atoms with Crippen molar-refractivity contribution in [2.75, 3.05) is 0 Å². The summed E-state index contributed by atoms with van der Waals surface area (Å²) in [7, 11) is 0. The first kappa shape index (κ1) is 17.7. The fourth-order valence-electron chi connectivity index (χ4n) is 7.97. The van der Waals surface area contributed by atoms with Gasteiger partial charge in [0, 0.05) is 5.41 Å². The maximum absolute atomic E-state index is 13.7. The zero-order chi connectivity index (χ0) is 18.6. The minimum absolute atomic E-state index is 0.0146. The summed E-state index contributed by atoms with van der Waals surface area (Å²) in [6, 6.07) is 0. The van der Waals surface area contributed by atoms with Crippen molar-refractivity contribution in [1.29, 1.82) is 0 Å². The molecule has 0 amide bonds. The lowest BCUT2D eigenvalue weighted by atomic mass is 9.49. The topological polar surface area (TPSA) is 63.6 Å². The summed E-state index contributed by atoms with van der Waals surface area (Å²) in [6.45, 7) is 12.4. The van der Waals surface area contributed by atoms with Gasteiger partial charge in [0.05, 0.1) is 11.0 Å². The highest BCUT2D eigenvalue weighted by Gasteiger charge is 2.79. The largest absolute Gasteiger partial charge is 0.381 e. The van der Waals surface area contributed by atoms with Crippen LogP contribution >= 0.6 is 0 Å². The first-order chi connectivity index (χ1) is 11.5. The van der Waals surface area contributed by atoms with E-state index in [0.29, 0.717) is 5.92 Å². The molecule has 4 fully saturated rings. The third kappa shape index (κ3) is 1.67. The molecule has 25 heavy (non-hydrogen) atoms. The number of fused-ring (bicyclic) bond motifs is 3. The standard InChI is InChI=1S/C21H32O4/c1-11-9-14-15-18(3,4)17(25-19(15,5)6)16(23)21(24)12(2)7-8-13(11)20(14,21)10-22/h10-15,17,24H,7-9H2,1-6H3/t11-,12-,13+,14-,15-,17+,20+,21+/m0/s1. The molecule has 1 aliphatic heterocycles. The van der Waals surface area contributed by atoms with Gasteiger partial charge in [-0.3, -0.25) is 4.79 Å². The van der Waals surface area contributed by atoms with Crippen molar-refractivity contribution in [1.82, 2.24) is 0 Å². The second-order valence-electron chi connectivity index (χ2n) is 10.5. The molecular weight excluding hydrogens is 316 g/mol. The molecule has 1 saturated heterocycles. The van der Waals surface area contributed by atoms with E-state index < -0.39 is 22.7 Å². The van der Waals surface area contributed by atoms with E-state index in [1.807, 2.05) is 6.92 Å². The molecule has 8 atom stereocenters. The summed E-state index contributed by atoms with van der Waals surface area (Å²) in [5.41, 5.74) is -3.41. The molecule has 1 heterocycles. The fraction of sp³-hybridized carbons (Fsp3) is 0.905. The number of rotatable bonds is 1. The molecule has 4 rings (SSSR count). The van der Waals surface area contributed by atoms with Crippen LogP contribution in [0.1, 0.15) is 60.8 Å². The number of aldehydes is 1. The fourth-order valence-corrected chi connectivity index (χ4v) is 7.97. The van der Waals surface area contributed by atoms with E-state index in [4.69, 9.17) is 4.74 Å². The first-order valence-electron chi connectivity index (χ1n) is 9.87. The molecule has 140 valence electrons. The summed E-state index contributed by atoms with van der Waals surface area (Å²) in [6.07, 6.45) is 2.95. The normalized spacial score (nSPS) is 55.6. The molecular formula is C21H32O4. The van der Waals surface area contributed by atoms with Gasteiger partial charge < -0.3 is 14.6 Å². The number of carbonyl (C=O) groups excluding carboxylic acids is 2. The van der Waals surface area contributed by atoms with Gasteiger partial charge in [-0.05, 0) is 62.7 Å². The van der Waals surface area contributed by atoms with Gasteiger partial charge in [-0.25, -0.2) is 0 Å². The number of aliphatic hydroxyl groups is 1. The SMILES string of the molecule is C[C@H]1C[C@H]2[C@@H]3C(C)(C)O[C@H](C(=O)[C@]4(O)[C@@H](C)CC[C@H]1[C@]24C=O)C3(C)C. The molecule has 0 unspecified atom stereocenters. The van der Waals surface area contributed by atoms with Crippen molar-refractivity contribution in [3.05, 3.63) is 0 Å². The molecule has 3 saturated carbocycles. The molecule has 3 aliphatic carbocycles. The van der Waals surface area contributed by atoms with Crippen molar-refractivity contribution < 1.29 is 19.4 Å². The summed E-state index contributed by atoms with van der Waals surface area (Å²) < 4.78 is 6.29. The number of ketones is 1. The Bertz CT molecular complexity index is 638. The van der Waals surface area contributed by atoms with Crippen LogP contribution in [-0.4, -0.2) is 34.5 Å². The Hall–Kier alpha value is -0.740. The second-order valence-corrected chi connectivity index (χ2v) is 10.5. The molecule has 0 radical (unpaired) electrons.